The quantitative estimate of drug-likeness (QED) is 0.435. The van der Waals surface area contributed by atoms with Crippen molar-refractivity contribution in [1.82, 2.24) is 10.6 Å². The van der Waals surface area contributed by atoms with E-state index in [2.05, 4.69) is 10.6 Å². The van der Waals surface area contributed by atoms with Gasteiger partial charge >= 0.3 is 0 Å². The van der Waals surface area contributed by atoms with Crippen molar-refractivity contribution < 1.29 is 15.0 Å². The van der Waals surface area contributed by atoms with Crippen LogP contribution in [0.15, 0.2) is 0 Å². The maximum Gasteiger partial charge on any atom is 0.220 e. The first-order valence-corrected chi connectivity index (χ1v) is 4.84. The highest BCUT2D eigenvalue weighted by atomic mass is 16.3. The second-order valence-corrected chi connectivity index (χ2v) is 4.16. The third-order valence-electron chi connectivity index (χ3n) is 2.35. The highest BCUT2D eigenvalue weighted by Gasteiger charge is 2.23. The number of hydrogen-bond acceptors (Lipinski definition) is 4. The summed E-state index contributed by atoms with van der Waals surface area (Å²) in [6, 6.07) is 0. The minimum atomic E-state index is -1.21. The lowest BCUT2D eigenvalue weighted by molar-refractivity contribution is -0.123. The number of aliphatic hydroxyl groups is 2. The van der Waals surface area contributed by atoms with E-state index in [0.717, 1.165) is 13.1 Å². The van der Waals surface area contributed by atoms with Crippen LogP contribution in [0.5, 0.6) is 0 Å². The van der Waals surface area contributed by atoms with Gasteiger partial charge in [0, 0.05) is 13.0 Å². The maximum absolute atomic E-state index is 11.3. The standard InChI is InChI=1S/C9H18N2O3/c1-9(14,6-12)5-11-8(13)2-7-3-10-4-7/h7,10,12,14H,2-6H2,1H3,(H,11,13). The molecule has 1 fully saturated rings. The van der Waals surface area contributed by atoms with Gasteiger partial charge in [0.2, 0.25) is 5.91 Å². The molecule has 1 aliphatic heterocycles. The largest absolute Gasteiger partial charge is 0.393 e. The summed E-state index contributed by atoms with van der Waals surface area (Å²) in [7, 11) is 0. The minimum absolute atomic E-state index is 0.0646. The van der Waals surface area contributed by atoms with Crippen molar-refractivity contribution in [3.8, 4) is 0 Å². The molecule has 1 heterocycles. The Balaban J connectivity index is 2.13. The first kappa shape index (κ1) is 11.4. The molecule has 1 unspecified atom stereocenters. The average molecular weight is 202 g/mol. The number of rotatable bonds is 5. The van der Waals surface area contributed by atoms with Gasteiger partial charge < -0.3 is 20.8 Å². The Bertz CT molecular complexity index is 202. The van der Waals surface area contributed by atoms with Crippen molar-refractivity contribution in [2.75, 3.05) is 26.2 Å². The molecule has 0 aromatic rings. The summed E-state index contributed by atoms with van der Waals surface area (Å²) >= 11 is 0. The molecule has 1 rings (SSSR count). The highest BCUT2D eigenvalue weighted by molar-refractivity contribution is 5.76. The van der Waals surface area contributed by atoms with Gasteiger partial charge in [-0.1, -0.05) is 0 Å². The van der Waals surface area contributed by atoms with Crippen molar-refractivity contribution in [3.63, 3.8) is 0 Å². The zero-order chi connectivity index (χ0) is 10.6. The van der Waals surface area contributed by atoms with Crippen LogP contribution < -0.4 is 10.6 Å². The van der Waals surface area contributed by atoms with Crippen molar-refractivity contribution in [2.45, 2.75) is 18.9 Å². The maximum atomic E-state index is 11.3. The molecule has 0 spiro atoms. The third kappa shape index (κ3) is 3.61. The molecule has 1 aliphatic rings. The van der Waals surface area contributed by atoms with Crippen molar-refractivity contribution in [1.29, 1.82) is 0 Å². The topological polar surface area (TPSA) is 81.6 Å². The lowest BCUT2D eigenvalue weighted by atomic mass is 9.99. The first-order valence-electron chi connectivity index (χ1n) is 4.84. The zero-order valence-electron chi connectivity index (χ0n) is 8.42. The fourth-order valence-electron chi connectivity index (χ4n) is 1.17. The number of carbonyl (C=O) groups excluding carboxylic acids is 1. The Hall–Kier alpha value is -0.650. The van der Waals surface area contributed by atoms with Gasteiger partial charge in [-0.25, -0.2) is 0 Å². The molecule has 1 saturated heterocycles. The number of carbonyl (C=O) groups is 1. The fraction of sp³-hybridized carbons (Fsp3) is 0.889. The summed E-state index contributed by atoms with van der Waals surface area (Å²) in [4.78, 5) is 11.3. The molecule has 4 N–H and O–H groups in total. The SMILES string of the molecule is CC(O)(CO)CNC(=O)CC1CNC1. The van der Waals surface area contributed by atoms with Gasteiger partial charge in [-0.2, -0.15) is 0 Å². The van der Waals surface area contributed by atoms with E-state index in [9.17, 15) is 9.90 Å². The van der Waals surface area contributed by atoms with E-state index in [1.54, 1.807) is 0 Å². The summed E-state index contributed by atoms with van der Waals surface area (Å²) in [6.07, 6.45) is 0.495. The van der Waals surface area contributed by atoms with Crippen LogP contribution in [0.4, 0.5) is 0 Å². The average Bonchev–Trinajstić information content (AvgIpc) is 2.08. The molecular formula is C9H18N2O3. The van der Waals surface area contributed by atoms with Gasteiger partial charge in [-0.15, -0.1) is 0 Å². The van der Waals surface area contributed by atoms with E-state index >= 15 is 0 Å². The Labute approximate surface area is 83.5 Å². The molecule has 1 amide bonds. The Morgan fingerprint density at radius 2 is 2.29 bits per heavy atom. The number of aliphatic hydroxyl groups excluding tert-OH is 1. The summed E-state index contributed by atoms with van der Waals surface area (Å²) in [5.41, 5.74) is -1.21. The highest BCUT2D eigenvalue weighted by Crippen LogP contribution is 2.08. The molecule has 0 radical (unpaired) electrons. The second-order valence-electron chi connectivity index (χ2n) is 4.16. The van der Waals surface area contributed by atoms with Gasteiger partial charge in [0.1, 0.15) is 5.60 Å². The van der Waals surface area contributed by atoms with Crippen molar-refractivity contribution in [3.05, 3.63) is 0 Å². The predicted molar refractivity (Wildman–Crippen MR) is 51.7 cm³/mol. The number of nitrogens with one attached hydrogen (secondary N) is 2. The lowest BCUT2D eigenvalue weighted by Crippen LogP contribution is -2.47. The van der Waals surface area contributed by atoms with Crippen LogP contribution >= 0.6 is 0 Å². The Kier molecular flexibility index (Phi) is 3.86. The lowest BCUT2D eigenvalue weighted by Gasteiger charge is -2.27. The zero-order valence-corrected chi connectivity index (χ0v) is 8.42. The first-order chi connectivity index (χ1) is 6.53. The summed E-state index contributed by atoms with van der Waals surface area (Å²) in [5, 5.41) is 23.8. The molecule has 0 aromatic heterocycles. The molecular weight excluding hydrogens is 184 g/mol. The van der Waals surface area contributed by atoms with Crippen LogP contribution in [0.3, 0.4) is 0 Å². The van der Waals surface area contributed by atoms with E-state index in [4.69, 9.17) is 5.11 Å². The van der Waals surface area contributed by atoms with Gasteiger partial charge in [0.05, 0.1) is 6.61 Å². The molecule has 5 nitrogen and oxygen atoms in total. The predicted octanol–water partition coefficient (Wildman–Crippen LogP) is -1.54. The third-order valence-corrected chi connectivity index (χ3v) is 2.35. The van der Waals surface area contributed by atoms with Crippen LogP contribution in [0.1, 0.15) is 13.3 Å². The smallest absolute Gasteiger partial charge is 0.220 e. The fourth-order valence-corrected chi connectivity index (χ4v) is 1.17. The second kappa shape index (κ2) is 4.72. The molecule has 0 aromatic carbocycles. The van der Waals surface area contributed by atoms with Gasteiger partial charge in [-0.3, -0.25) is 4.79 Å². The molecule has 0 bridgehead atoms. The van der Waals surface area contributed by atoms with E-state index in [1.807, 2.05) is 0 Å². The van der Waals surface area contributed by atoms with Crippen molar-refractivity contribution in [2.24, 2.45) is 5.92 Å². The van der Waals surface area contributed by atoms with Crippen LogP contribution in [0, 0.1) is 5.92 Å². The number of amides is 1. The molecule has 0 aliphatic carbocycles. The molecule has 0 saturated carbocycles. The Morgan fingerprint density at radius 1 is 1.64 bits per heavy atom. The summed E-state index contributed by atoms with van der Waals surface area (Å²) in [5.74, 6) is 0.360. The van der Waals surface area contributed by atoms with E-state index in [1.165, 1.54) is 6.92 Å². The minimum Gasteiger partial charge on any atom is -0.393 e. The number of hydrogen-bond donors (Lipinski definition) is 4. The van der Waals surface area contributed by atoms with E-state index < -0.39 is 5.60 Å². The van der Waals surface area contributed by atoms with Crippen LogP contribution in [0.2, 0.25) is 0 Å². The molecule has 1 atom stereocenters. The van der Waals surface area contributed by atoms with E-state index in [-0.39, 0.29) is 19.1 Å². The van der Waals surface area contributed by atoms with Gasteiger partial charge in [0.15, 0.2) is 0 Å². The molecule has 14 heavy (non-hydrogen) atoms. The van der Waals surface area contributed by atoms with Crippen molar-refractivity contribution >= 4 is 5.91 Å². The monoisotopic (exact) mass is 202 g/mol. The van der Waals surface area contributed by atoms with Gasteiger partial charge in [0.25, 0.3) is 0 Å². The summed E-state index contributed by atoms with van der Waals surface area (Å²) in [6.45, 7) is 3.02. The van der Waals surface area contributed by atoms with Crippen LogP contribution in [0.25, 0.3) is 0 Å². The molecule has 82 valence electrons. The Morgan fingerprint density at radius 3 is 2.71 bits per heavy atom. The van der Waals surface area contributed by atoms with Crippen LogP contribution in [-0.2, 0) is 4.79 Å². The normalized spacial score (nSPS) is 21.1. The summed E-state index contributed by atoms with van der Waals surface area (Å²) < 4.78 is 0. The van der Waals surface area contributed by atoms with E-state index in [0.29, 0.717) is 12.3 Å². The van der Waals surface area contributed by atoms with Gasteiger partial charge in [-0.05, 0) is 25.9 Å². The molecule has 5 heteroatoms. The van der Waals surface area contributed by atoms with Crippen LogP contribution in [-0.4, -0.2) is 48.0 Å².